The molecule has 1 N–H and O–H groups in total. The molecule has 2 heterocycles. The van der Waals surface area contributed by atoms with Gasteiger partial charge in [0, 0.05) is 13.1 Å². The number of hydrogen-bond acceptors (Lipinski definition) is 3. The maximum atomic E-state index is 12.7. The van der Waals surface area contributed by atoms with E-state index in [1.165, 1.54) is 6.26 Å². The Morgan fingerprint density at radius 2 is 2.19 bits per heavy atom. The highest BCUT2D eigenvalue weighted by molar-refractivity contribution is 5.95. The van der Waals surface area contributed by atoms with E-state index < -0.39 is 6.04 Å². The molecular formula is C16H24N2O3. The first-order valence-electron chi connectivity index (χ1n) is 7.62. The van der Waals surface area contributed by atoms with Gasteiger partial charge in [-0.15, -0.1) is 0 Å². The summed E-state index contributed by atoms with van der Waals surface area (Å²) in [7, 11) is 0. The first-order valence-corrected chi connectivity index (χ1v) is 7.62. The van der Waals surface area contributed by atoms with Crippen molar-refractivity contribution in [2.75, 3.05) is 13.1 Å². The van der Waals surface area contributed by atoms with Crippen LogP contribution in [0.15, 0.2) is 22.8 Å². The number of nitrogens with zero attached hydrogens (tertiary/aromatic N) is 1. The monoisotopic (exact) mass is 292 g/mol. The Hall–Kier alpha value is -1.78. The van der Waals surface area contributed by atoms with Crippen molar-refractivity contribution >= 4 is 11.8 Å². The van der Waals surface area contributed by atoms with Gasteiger partial charge in [-0.1, -0.05) is 20.8 Å². The summed E-state index contributed by atoms with van der Waals surface area (Å²) < 4.78 is 5.08. The molecule has 1 aliphatic heterocycles. The molecule has 1 aliphatic rings. The van der Waals surface area contributed by atoms with E-state index in [1.54, 1.807) is 12.1 Å². The maximum Gasteiger partial charge on any atom is 0.287 e. The van der Waals surface area contributed by atoms with E-state index in [0.29, 0.717) is 5.92 Å². The molecule has 1 saturated heterocycles. The number of likely N-dealkylation sites (tertiary alicyclic amines) is 1. The fourth-order valence-electron chi connectivity index (χ4n) is 2.72. The zero-order valence-electron chi connectivity index (χ0n) is 13.0. The number of carbonyl (C=O) groups excluding carboxylic acids is 2. The second-order valence-corrected chi connectivity index (χ2v) is 6.20. The van der Waals surface area contributed by atoms with E-state index in [2.05, 4.69) is 12.2 Å². The van der Waals surface area contributed by atoms with Gasteiger partial charge in [-0.05, 0) is 36.8 Å². The summed E-state index contributed by atoms with van der Waals surface area (Å²) in [5, 5.41) is 2.81. The molecule has 116 valence electrons. The number of carbonyl (C=O) groups is 2. The number of rotatable bonds is 4. The molecule has 5 nitrogen and oxygen atoms in total. The Balaban J connectivity index is 2.04. The van der Waals surface area contributed by atoms with E-state index in [-0.39, 0.29) is 23.5 Å². The quantitative estimate of drug-likeness (QED) is 0.926. The van der Waals surface area contributed by atoms with Crippen molar-refractivity contribution in [2.45, 2.75) is 39.7 Å². The van der Waals surface area contributed by atoms with Crippen LogP contribution in [0.2, 0.25) is 0 Å². The van der Waals surface area contributed by atoms with E-state index >= 15 is 0 Å². The first-order chi connectivity index (χ1) is 9.99. The molecule has 0 aliphatic carbocycles. The molecular weight excluding hydrogens is 268 g/mol. The molecule has 0 saturated carbocycles. The van der Waals surface area contributed by atoms with Crippen LogP contribution >= 0.6 is 0 Å². The molecule has 5 heteroatoms. The van der Waals surface area contributed by atoms with Gasteiger partial charge in [-0.25, -0.2) is 0 Å². The summed E-state index contributed by atoms with van der Waals surface area (Å²) in [6, 6.07) is 2.75. The van der Waals surface area contributed by atoms with Crippen LogP contribution in [0.25, 0.3) is 0 Å². The van der Waals surface area contributed by atoms with Crippen LogP contribution in [0.5, 0.6) is 0 Å². The second-order valence-electron chi connectivity index (χ2n) is 6.20. The standard InChI is InChI=1S/C16H24N2O3/c1-11(2)14(17-15(19)13-7-5-9-21-13)16(20)18-8-4-6-12(3)10-18/h5,7,9,11-12,14H,4,6,8,10H2,1-3H3,(H,17,19). The Bertz CT molecular complexity index is 482. The topological polar surface area (TPSA) is 62.6 Å². The molecule has 1 fully saturated rings. The van der Waals surface area contributed by atoms with Crippen LogP contribution in [0.1, 0.15) is 44.2 Å². The van der Waals surface area contributed by atoms with Crippen molar-refractivity contribution < 1.29 is 14.0 Å². The number of nitrogens with one attached hydrogen (secondary N) is 1. The lowest BCUT2D eigenvalue weighted by molar-refractivity contribution is -0.136. The van der Waals surface area contributed by atoms with Gasteiger partial charge < -0.3 is 14.6 Å². The zero-order chi connectivity index (χ0) is 15.4. The van der Waals surface area contributed by atoms with Crippen molar-refractivity contribution in [1.29, 1.82) is 0 Å². The Morgan fingerprint density at radius 3 is 2.76 bits per heavy atom. The van der Waals surface area contributed by atoms with E-state index in [9.17, 15) is 9.59 Å². The third-order valence-corrected chi connectivity index (χ3v) is 3.93. The van der Waals surface area contributed by atoms with Gasteiger partial charge in [0.15, 0.2) is 5.76 Å². The first kappa shape index (κ1) is 15.6. The SMILES string of the molecule is CC1CCCN(C(=O)C(NC(=O)c2ccco2)C(C)C)C1. The molecule has 2 unspecified atom stereocenters. The van der Waals surface area contributed by atoms with Gasteiger partial charge in [-0.2, -0.15) is 0 Å². The Kier molecular flexibility index (Phi) is 5.04. The molecule has 0 radical (unpaired) electrons. The summed E-state index contributed by atoms with van der Waals surface area (Å²) in [5.74, 6) is 0.471. The Morgan fingerprint density at radius 1 is 1.43 bits per heavy atom. The van der Waals surface area contributed by atoms with Crippen LogP contribution in [-0.4, -0.2) is 35.8 Å². The van der Waals surface area contributed by atoms with Crippen LogP contribution in [0, 0.1) is 11.8 Å². The van der Waals surface area contributed by atoms with Crippen molar-refractivity contribution in [3.05, 3.63) is 24.2 Å². The molecule has 0 spiro atoms. The highest BCUT2D eigenvalue weighted by atomic mass is 16.3. The van der Waals surface area contributed by atoms with Crippen LogP contribution in [0.4, 0.5) is 0 Å². The zero-order valence-corrected chi connectivity index (χ0v) is 13.0. The summed E-state index contributed by atoms with van der Waals surface area (Å²) in [4.78, 5) is 26.6. The number of piperidine rings is 1. The number of furan rings is 1. The number of amides is 2. The van der Waals surface area contributed by atoms with E-state index in [0.717, 1.165) is 25.9 Å². The normalized spacial score (nSPS) is 20.4. The Labute approximate surface area is 125 Å². The number of hydrogen-bond donors (Lipinski definition) is 1. The molecule has 2 amide bonds. The summed E-state index contributed by atoms with van der Waals surface area (Å²) in [6.07, 6.45) is 3.65. The maximum absolute atomic E-state index is 12.7. The highest BCUT2D eigenvalue weighted by Gasteiger charge is 2.31. The predicted molar refractivity (Wildman–Crippen MR) is 79.8 cm³/mol. The van der Waals surface area contributed by atoms with Crippen molar-refractivity contribution in [3.63, 3.8) is 0 Å². The van der Waals surface area contributed by atoms with Crippen molar-refractivity contribution in [3.8, 4) is 0 Å². The van der Waals surface area contributed by atoms with Gasteiger partial charge in [0.1, 0.15) is 6.04 Å². The van der Waals surface area contributed by atoms with Crippen LogP contribution in [0.3, 0.4) is 0 Å². The average molecular weight is 292 g/mol. The van der Waals surface area contributed by atoms with Crippen molar-refractivity contribution in [1.82, 2.24) is 10.2 Å². The smallest absolute Gasteiger partial charge is 0.287 e. The second kappa shape index (κ2) is 6.78. The molecule has 2 atom stereocenters. The lowest BCUT2D eigenvalue weighted by Gasteiger charge is -2.34. The fraction of sp³-hybridized carbons (Fsp3) is 0.625. The average Bonchev–Trinajstić information content (AvgIpc) is 2.97. The third kappa shape index (κ3) is 3.86. The minimum absolute atomic E-state index is 0.0106. The van der Waals surface area contributed by atoms with Crippen LogP contribution in [-0.2, 0) is 4.79 Å². The highest BCUT2D eigenvalue weighted by Crippen LogP contribution is 2.18. The molecule has 1 aromatic rings. The minimum Gasteiger partial charge on any atom is -0.459 e. The largest absolute Gasteiger partial charge is 0.459 e. The van der Waals surface area contributed by atoms with Gasteiger partial charge in [0.25, 0.3) is 5.91 Å². The van der Waals surface area contributed by atoms with E-state index in [1.807, 2.05) is 18.7 Å². The lowest BCUT2D eigenvalue weighted by atomic mass is 9.97. The third-order valence-electron chi connectivity index (χ3n) is 3.93. The van der Waals surface area contributed by atoms with Gasteiger partial charge in [0.05, 0.1) is 6.26 Å². The molecule has 0 aromatic carbocycles. The molecule has 1 aromatic heterocycles. The lowest BCUT2D eigenvalue weighted by Crippen LogP contribution is -2.53. The van der Waals surface area contributed by atoms with Gasteiger partial charge >= 0.3 is 0 Å². The summed E-state index contributed by atoms with van der Waals surface area (Å²) in [6.45, 7) is 7.60. The predicted octanol–water partition coefficient (Wildman–Crippen LogP) is 2.29. The summed E-state index contributed by atoms with van der Waals surface area (Å²) >= 11 is 0. The fourth-order valence-corrected chi connectivity index (χ4v) is 2.72. The van der Waals surface area contributed by atoms with Gasteiger partial charge in [0.2, 0.25) is 5.91 Å². The molecule has 0 bridgehead atoms. The van der Waals surface area contributed by atoms with Crippen LogP contribution < -0.4 is 5.32 Å². The minimum atomic E-state index is -0.507. The van der Waals surface area contributed by atoms with E-state index in [4.69, 9.17) is 4.42 Å². The molecule has 2 rings (SSSR count). The van der Waals surface area contributed by atoms with Gasteiger partial charge in [-0.3, -0.25) is 9.59 Å². The van der Waals surface area contributed by atoms with Crippen molar-refractivity contribution in [2.24, 2.45) is 11.8 Å². The summed E-state index contributed by atoms with van der Waals surface area (Å²) in [5.41, 5.74) is 0. The molecule has 21 heavy (non-hydrogen) atoms.